The van der Waals surface area contributed by atoms with Crippen molar-refractivity contribution in [1.29, 1.82) is 0 Å². The molecule has 0 aliphatic rings. The molecule has 3 rings (SSSR count). The first-order chi connectivity index (χ1) is 11.9. The van der Waals surface area contributed by atoms with Gasteiger partial charge >= 0.3 is 0 Å². The molecule has 0 saturated carbocycles. The van der Waals surface area contributed by atoms with Crippen LogP contribution in [-0.4, -0.2) is 26.1 Å². The molecule has 6 heteroatoms. The largest absolute Gasteiger partial charge is 0.506 e. The number of ketones is 1. The van der Waals surface area contributed by atoms with Gasteiger partial charge in [-0.05, 0) is 55.0 Å². The molecule has 3 aromatic rings. The lowest BCUT2D eigenvalue weighted by atomic mass is 10.0. The van der Waals surface area contributed by atoms with Gasteiger partial charge in [-0.15, -0.1) is 0 Å². The minimum Gasteiger partial charge on any atom is -0.506 e. The Hall–Kier alpha value is -3.05. The Bertz CT molecular complexity index is 1000. The molecule has 0 amide bonds. The van der Waals surface area contributed by atoms with Gasteiger partial charge < -0.3 is 15.3 Å². The zero-order chi connectivity index (χ0) is 18.1. The third-order valence-electron chi connectivity index (χ3n) is 3.75. The Kier molecular flexibility index (Phi) is 4.33. The first kappa shape index (κ1) is 16.8. The van der Waals surface area contributed by atoms with Crippen molar-refractivity contribution in [3.8, 4) is 17.2 Å². The summed E-state index contributed by atoms with van der Waals surface area (Å²) >= 11 is 5.82. The fourth-order valence-electron chi connectivity index (χ4n) is 2.50. The van der Waals surface area contributed by atoms with E-state index in [2.05, 4.69) is 4.98 Å². The lowest BCUT2D eigenvalue weighted by Crippen LogP contribution is -1.95. The number of benzene rings is 2. The number of nitrogens with zero attached hydrogens (tertiary/aromatic N) is 1. The van der Waals surface area contributed by atoms with Crippen molar-refractivity contribution >= 4 is 40.4 Å². The second-order valence-electron chi connectivity index (χ2n) is 5.52. The minimum absolute atomic E-state index is 0.0134. The Morgan fingerprint density at radius 3 is 2.48 bits per heavy atom. The Morgan fingerprint density at radius 2 is 1.80 bits per heavy atom. The fourth-order valence-corrected chi connectivity index (χ4v) is 2.72. The molecular weight excluding hydrogens is 342 g/mol. The SMILES string of the molecule is CC(=O)c1ccc(O)c2nc(/C=C/c3cc(O)c(O)c(Cl)c3)ccc12. The van der Waals surface area contributed by atoms with Crippen molar-refractivity contribution in [2.75, 3.05) is 0 Å². The van der Waals surface area contributed by atoms with Gasteiger partial charge in [0.2, 0.25) is 0 Å². The highest BCUT2D eigenvalue weighted by atomic mass is 35.5. The lowest BCUT2D eigenvalue weighted by molar-refractivity contribution is 0.101. The second kappa shape index (κ2) is 6.45. The number of rotatable bonds is 3. The molecule has 5 nitrogen and oxygen atoms in total. The van der Waals surface area contributed by atoms with E-state index in [4.69, 9.17) is 11.6 Å². The number of aromatic nitrogens is 1. The fraction of sp³-hybridized carbons (Fsp3) is 0.0526. The molecule has 126 valence electrons. The summed E-state index contributed by atoms with van der Waals surface area (Å²) in [6.45, 7) is 1.46. The summed E-state index contributed by atoms with van der Waals surface area (Å²) in [6, 6.07) is 9.31. The van der Waals surface area contributed by atoms with Gasteiger partial charge in [0.05, 0.1) is 10.7 Å². The van der Waals surface area contributed by atoms with E-state index in [1.165, 1.54) is 25.1 Å². The molecular formula is C19H14ClNO4. The number of carbonyl (C=O) groups excluding carboxylic acids is 1. The maximum absolute atomic E-state index is 11.7. The van der Waals surface area contributed by atoms with E-state index in [-0.39, 0.29) is 28.1 Å². The van der Waals surface area contributed by atoms with Crippen LogP contribution in [0.2, 0.25) is 5.02 Å². The minimum atomic E-state index is -0.371. The molecule has 0 aliphatic heterocycles. The number of pyridine rings is 1. The lowest BCUT2D eigenvalue weighted by Gasteiger charge is -2.06. The number of aromatic hydroxyl groups is 3. The zero-order valence-corrected chi connectivity index (χ0v) is 13.9. The summed E-state index contributed by atoms with van der Waals surface area (Å²) in [5, 5.41) is 29.7. The highest BCUT2D eigenvalue weighted by molar-refractivity contribution is 6.32. The van der Waals surface area contributed by atoms with Crippen molar-refractivity contribution in [2.24, 2.45) is 0 Å². The maximum Gasteiger partial charge on any atom is 0.176 e. The van der Waals surface area contributed by atoms with Gasteiger partial charge in [-0.3, -0.25) is 4.79 Å². The number of hydrogen-bond acceptors (Lipinski definition) is 5. The number of phenols is 3. The van der Waals surface area contributed by atoms with Gasteiger partial charge in [0, 0.05) is 10.9 Å². The predicted molar refractivity (Wildman–Crippen MR) is 97.1 cm³/mol. The number of halogens is 1. The zero-order valence-electron chi connectivity index (χ0n) is 13.2. The molecule has 0 bridgehead atoms. The molecule has 0 unspecified atom stereocenters. The third kappa shape index (κ3) is 3.27. The number of Topliss-reactive ketones (excluding diaryl/α,β-unsaturated/α-hetero) is 1. The molecule has 3 N–H and O–H groups in total. The van der Waals surface area contributed by atoms with Crippen LogP contribution in [-0.2, 0) is 0 Å². The molecule has 0 radical (unpaired) electrons. The van der Waals surface area contributed by atoms with Gasteiger partial charge in [0.15, 0.2) is 17.3 Å². The summed E-state index contributed by atoms with van der Waals surface area (Å²) in [6.07, 6.45) is 3.33. The number of carbonyl (C=O) groups is 1. The van der Waals surface area contributed by atoms with Crippen LogP contribution in [0.25, 0.3) is 23.1 Å². The predicted octanol–water partition coefficient (Wildman–Crippen LogP) is 4.38. The summed E-state index contributed by atoms with van der Waals surface area (Å²) in [4.78, 5) is 16.0. The van der Waals surface area contributed by atoms with E-state index in [9.17, 15) is 20.1 Å². The van der Waals surface area contributed by atoms with Gasteiger partial charge in [0.25, 0.3) is 0 Å². The molecule has 0 spiro atoms. The van der Waals surface area contributed by atoms with E-state index in [1.807, 2.05) is 0 Å². The molecule has 0 saturated heterocycles. The second-order valence-corrected chi connectivity index (χ2v) is 5.93. The van der Waals surface area contributed by atoms with Crippen LogP contribution in [0.4, 0.5) is 0 Å². The Balaban J connectivity index is 2.03. The quantitative estimate of drug-likeness (QED) is 0.479. The molecule has 0 aliphatic carbocycles. The normalized spacial score (nSPS) is 11.3. The first-order valence-corrected chi connectivity index (χ1v) is 7.78. The number of phenolic OH excluding ortho intramolecular Hbond substituents is 3. The van der Waals surface area contributed by atoms with Crippen molar-refractivity contribution in [3.05, 3.63) is 58.2 Å². The summed E-state index contributed by atoms with van der Waals surface area (Å²) in [5.41, 5.74) is 1.95. The van der Waals surface area contributed by atoms with Gasteiger partial charge in [-0.1, -0.05) is 17.7 Å². The van der Waals surface area contributed by atoms with Crippen LogP contribution < -0.4 is 0 Å². The van der Waals surface area contributed by atoms with Gasteiger partial charge in [-0.2, -0.15) is 0 Å². The van der Waals surface area contributed by atoms with E-state index >= 15 is 0 Å². The van der Waals surface area contributed by atoms with Crippen LogP contribution in [0.3, 0.4) is 0 Å². The van der Waals surface area contributed by atoms with Crippen LogP contribution in [0.5, 0.6) is 17.2 Å². The van der Waals surface area contributed by atoms with E-state index < -0.39 is 0 Å². The highest BCUT2D eigenvalue weighted by Crippen LogP contribution is 2.34. The van der Waals surface area contributed by atoms with Crippen LogP contribution >= 0.6 is 11.6 Å². The Morgan fingerprint density at radius 1 is 1.04 bits per heavy atom. The molecule has 0 atom stereocenters. The molecule has 2 aromatic carbocycles. The average Bonchev–Trinajstić information content (AvgIpc) is 2.58. The van der Waals surface area contributed by atoms with Crippen LogP contribution in [0.15, 0.2) is 36.4 Å². The topological polar surface area (TPSA) is 90.7 Å². The summed E-state index contributed by atoms with van der Waals surface area (Å²) in [7, 11) is 0. The van der Waals surface area contributed by atoms with Crippen LogP contribution in [0, 0.1) is 0 Å². The van der Waals surface area contributed by atoms with E-state index in [0.717, 1.165) is 0 Å². The van der Waals surface area contributed by atoms with Gasteiger partial charge in [-0.25, -0.2) is 4.98 Å². The molecule has 25 heavy (non-hydrogen) atoms. The summed E-state index contributed by atoms with van der Waals surface area (Å²) < 4.78 is 0. The molecule has 1 aromatic heterocycles. The first-order valence-electron chi connectivity index (χ1n) is 7.40. The van der Waals surface area contributed by atoms with Crippen molar-refractivity contribution in [2.45, 2.75) is 6.92 Å². The third-order valence-corrected chi connectivity index (χ3v) is 4.04. The molecule has 1 heterocycles. The van der Waals surface area contributed by atoms with E-state index in [1.54, 1.807) is 30.4 Å². The smallest absolute Gasteiger partial charge is 0.176 e. The summed E-state index contributed by atoms with van der Waals surface area (Å²) in [5.74, 6) is -0.809. The Labute approximate surface area is 148 Å². The standard InChI is InChI=1S/C19H14ClNO4/c1-10(22)13-6-7-16(23)18-14(13)5-4-12(21-18)3-2-11-8-15(20)19(25)17(24)9-11/h2-9,23-25H,1H3/b3-2+. The number of hydrogen-bond donors (Lipinski definition) is 3. The van der Waals surface area contributed by atoms with Crippen molar-refractivity contribution < 1.29 is 20.1 Å². The van der Waals surface area contributed by atoms with Crippen molar-refractivity contribution in [3.63, 3.8) is 0 Å². The van der Waals surface area contributed by atoms with E-state index in [0.29, 0.717) is 27.7 Å². The van der Waals surface area contributed by atoms with Crippen molar-refractivity contribution in [1.82, 2.24) is 4.98 Å². The van der Waals surface area contributed by atoms with Crippen LogP contribution in [0.1, 0.15) is 28.5 Å². The molecule has 0 fully saturated rings. The van der Waals surface area contributed by atoms with Gasteiger partial charge in [0.1, 0.15) is 11.3 Å². The monoisotopic (exact) mass is 355 g/mol. The average molecular weight is 356 g/mol. The maximum atomic E-state index is 11.7. The highest BCUT2D eigenvalue weighted by Gasteiger charge is 2.10. The number of fused-ring (bicyclic) bond motifs is 1.